The van der Waals surface area contributed by atoms with Crippen LogP contribution in [0, 0.1) is 17.7 Å². The van der Waals surface area contributed by atoms with Crippen molar-refractivity contribution in [3.05, 3.63) is 23.8 Å². The van der Waals surface area contributed by atoms with Crippen molar-refractivity contribution in [1.29, 1.82) is 0 Å². The van der Waals surface area contributed by atoms with E-state index in [1.54, 1.807) is 0 Å². The molecule has 0 spiro atoms. The molecule has 1 heterocycles. The third kappa shape index (κ3) is 2.92. The molecule has 0 aliphatic carbocycles. The van der Waals surface area contributed by atoms with E-state index in [1.165, 1.54) is 6.07 Å². The quantitative estimate of drug-likeness (QED) is 0.552. The van der Waals surface area contributed by atoms with Crippen LogP contribution in [0.1, 0.15) is 12.1 Å². The van der Waals surface area contributed by atoms with E-state index in [2.05, 4.69) is 16.8 Å². The molecule has 0 amide bonds. The third-order valence-electron chi connectivity index (χ3n) is 1.31. The molecule has 68 valence electrons. The van der Waals surface area contributed by atoms with Crippen molar-refractivity contribution in [2.24, 2.45) is 0 Å². The zero-order chi connectivity index (χ0) is 9.68. The molecule has 0 radical (unpaired) electrons. The average molecular weight is 199 g/mol. The van der Waals surface area contributed by atoms with Crippen molar-refractivity contribution in [1.82, 2.24) is 4.98 Å². The van der Waals surface area contributed by atoms with Gasteiger partial charge in [0.15, 0.2) is 0 Å². The van der Waals surface area contributed by atoms with Crippen LogP contribution in [0.25, 0.3) is 0 Å². The van der Waals surface area contributed by atoms with Gasteiger partial charge in [-0.05, 0) is 5.92 Å². The number of nitrogen functional groups attached to an aromatic ring is 1. The molecule has 0 aliphatic rings. The lowest BCUT2D eigenvalue weighted by Crippen LogP contribution is -1.94. The van der Waals surface area contributed by atoms with Crippen molar-refractivity contribution in [3.63, 3.8) is 0 Å². The summed E-state index contributed by atoms with van der Waals surface area (Å²) >= 11 is 5.42. The van der Waals surface area contributed by atoms with Gasteiger partial charge in [-0.25, -0.2) is 9.37 Å². The zero-order valence-corrected chi connectivity index (χ0v) is 7.61. The molecular formula is C9H8ClFN2. The summed E-state index contributed by atoms with van der Waals surface area (Å²) in [7, 11) is 0. The topological polar surface area (TPSA) is 38.9 Å². The molecule has 0 unspecified atom stereocenters. The van der Waals surface area contributed by atoms with E-state index >= 15 is 0 Å². The molecule has 1 aromatic rings. The Morgan fingerprint density at radius 1 is 1.62 bits per heavy atom. The molecule has 4 heteroatoms. The number of alkyl halides is 1. The average Bonchev–Trinajstić information content (AvgIpc) is 2.09. The van der Waals surface area contributed by atoms with Crippen LogP contribution >= 0.6 is 11.6 Å². The number of pyridine rings is 1. The minimum Gasteiger partial charge on any atom is -0.396 e. The summed E-state index contributed by atoms with van der Waals surface area (Å²) in [5, 5.41) is 0. The van der Waals surface area contributed by atoms with Gasteiger partial charge < -0.3 is 5.73 Å². The van der Waals surface area contributed by atoms with Crippen LogP contribution in [0.5, 0.6) is 0 Å². The maximum absolute atomic E-state index is 12.5. The van der Waals surface area contributed by atoms with Gasteiger partial charge in [0.25, 0.3) is 0 Å². The number of nitrogens with two attached hydrogens (primary N) is 1. The molecule has 1 rings (SSSR count). The predicted molar refractivity (Wildman–Crippen MR) is 50.8 cm³/mol. The Bertz CT molecular complexity index is 354. The van der Waals surface area contributed by atoms with E-state index in [0.717, 1.165) is 6.20 Å². The number of nitrogens with zero attached hydrogens (tertiary/aromatic N) is 1. The van der Waals surface area contributed by atoms with E-state index in [-0.39, 0.29) is 5.69 Å². The normalized spacial score (nSPS) is 9.08. The Kier molecular flexibility index (Phi) is 3.53. The van der Waals surface area contributed by atoms with Crippen molar-refractivity contribution in [2.75, 3.05) is 11.6 Å². The number of hydrogen-bond donors (Lipinski definition) is 1. The van der Waals surface area contributed by atoms with Crippen LogP contribution in [0.15, 0.2) is 12.3 Å². The number of halogens is 2. The van der Waals surface area contributed by atoms with Gasteiger partial charge in [0, 0.05) is 18.4 Å². The molecular weight excluding hydrogens is 191 g/mol. The molecule has 0 aromatic carbocycles. The van der Waals surface area contributed by atoms with Gasteiger partial charge in [0.1, 0.15) is 11.5 Å². The fourth-order valence-corrected chi connectivity index (χ4v) is 0.847. The first-order chi connectivity index (χ1) is 6.24. The van der Waals surface area contributed by atoms with Gasteiger partial charge in [-0.3, -0.25) is 0 Å². The van der Waals surface area contributed by atoms with Crippen LogP contribution in [0.3, 0.4) is 0 Å². The largest absolute Gasteiger partial charge is 0.396 e. The summed E-state index contributed by atoms with van der Waals surface area (Å²) in [6.07, 6.45) is 1.65. The Hall–Kier alpha value is -1.27. The second-order valence-electron chi connectivity index (χ2n) is 2.33. The van der Waals surface area contributed by atoms with Crippen LogP contribution in [0.4, 0.5) is 10.1 Å². The zero-order valence-electron chi connectivity index (χ0n) is 6.85. The summed E-state index contributed by atoms with van der Waals surface area (Å²) in [6.45, 7) is 0. The first kappa shape index (κ1) is 9.82. The minimum absolute atomic E-state index is 0.252. The number of aromatic nitrogens is 1. The first-order valence-electron chi connectivity index (χ1n) is 3.70. The lowest BCUT2D eigenvalue weighted by Gasteiger charge is -1.95. The molecule has 2 N–H and O–H groups in total. The second-order valence-corrected chi connectivity index (χ2v) is 2.71. The minimum atomic E-state index is -0.458. The van der Waals surface area contributed by atoms with Gasteiger partial charge in [0.05, 0.1) is 11.9 Å². The molecule has 13 heavy (non-hydrogen) atoms. The molecule has 2 nitrogen and oxygen atoms in total. The van der Waals surface area contributed by atoms with E-state index < -0.39 is 5.82 Å². The maximum atomic E-state index is 12.5. The van der Waals surface area contributed by atoms with Crippen molar-refractivity contribution >= 4 is 17.3 Å². The molecule has 0 bridgehead atoms. The molecule has 0 saturated heterocycles. The van der Waals surface area contributed by atoms with Gasteiger partial charge in [-0.15, -0.1) is 11.6 Å². The number of rotatable bonds is 1. The Morgan fingerprint density at radius 3 is 3.00 bits per heavy atom. The summed E-state index contributed by atoms with van der Waals surface area (Å²) in [5.41, 5.74) is 6.11. The second kappa shape index (κ2) is 4.68. The van der Waals surface area contributed by atoms with E-state index in [4.69, 9.17) is 17.3 Å². The summed E-state index contributed by atoms with van der Waals surface area (Å²) in [4.78, 5) is 3.73. The van der Waals surface area contributed by atoms with E-state index in [1.807, 2.05) is 0 Å². The Morgan fingerprint density at radius 2 is 2.38 bits per heavy atom. The number of hydrogen-bond acceptors (Lipinski definition) is 2. The van der Waals surface area contributed by atoms with Crippen molar-refractivity contribution in [2.45, 2.75) is 6.42 Å². The van der Waals surface area contributed by atoms with Crippen LogP contribution in [0.2, 0.25) is 0 Å². The smallest absolute Gasteiger partial charge is 0.143 e. The van der Waals surface area contributed by atoms with Crippen LogP contribution in [-0.2, 0) is 0 Å². The standard InChI is InChI=1S/C9H8ClFN2/c10-4-2-1-3-9-8(12)5-7(11)6-13-9/h5-6H,2,4,12H2. The Labute approximate surface area is 80.9 Å². The summed E-state index contributed by atoms with van der Waals surface area (Å²) in [5.74, 6) is 5.48. The number of anilines is 1. The Balaban J connectivity index is 2.85. The van der Waals surface area contributed by atoms with Gasteiger partial charge in [-0.2, -0.15) is 0 Å². The third-order valence-corrected chi connectivity index (χ3v) is 1.50. The monoisotopic (exact) mass is 198 g/mol. The highest BCUT2D eigenvalue weighted by Crippen LogP contribution is 2.08. The molecule has 0 fully saturated rings. The highest BCUT2D eigenvalue weighted by molar-refractivity contribution is 6.18. The maximum Gasteiger partial charge on any atom is 0.143 e. The van der Waals surface area contributed by atoms with Gasteiger partial charge in [-0.1, -0.05) is 5.92 Å². The molecule has 0 aliphatic heterocycles. The van der Waals surface area contributed by atoms with Gasteiger partial charge >= 0.3 is 0 Å². The SMILES string of the molecule is Nc1cc(F)cnc1C#CCCCl. The highest BCUT2D eigenvalue weighted by atomic mass is 35.5. The fraction of sp³-hybridized carbons (Fsp3) is 0.222. The lowest BCUT2D eigenvalue weighted by molar-refractivity contribution is 0.622. The first-order valence-corrected chi connectivity index (χ1v) is 4.23. The van der Waals surface area contributed by atoms with Crippen LogP contribution in [-0.4, -0.2) is 10.9 Å². The van der Waals surface area contributed by atoms with Crippen molar-refractivity contribution in [3.8, 4) is 11.8 Å². The van der Waals surface area contributed by atoms with E-state index in [0.29, 0.717) is 18.0 Å². The molecule has 0 atom stereocenters. The molecule has 1 aromatic heterocycles. The highest BCUT2D eigenvalue weighted by Gasteiger charge is 1.97. The van der Waals surface area contributed by atoms with E-state index in [9.17, 15) is 4.39 Å². The molecule has 0 saturated carbocycles. The van der Waals surface area contributed by atoms with Gasteiger partial charge in [0.2, 0.25) is 0 Å². The predicted octanol–water partition coefficient (Wildman–Crippen LogP) is 1.78. The fourth-order valence-electron chi connectivity index (χ4n) is 0.753. The summed E-state index contributed by atoms with van der Waals surface area (Å²) in [6, 6.07) is 1.19. The lowest BCUT2D eigenvalue weighted by atomic mass is 10.3. The summed E-state index contributed by atoms with van der Waals surface area (Å²) < 4.78 is 12.5. The van der Waals surface area contributed by atoms with Crippen molar-refractivity contribution < 1.29 is 4.39 Å². The van der Waals surface area contributed by atoms with Crippen LogP contribution < -0.4 is 5.73 Å².